The van der Waals surface area contributed by atoms with Crippen LogP contribution in [-0.4, -0.2) is 10.9 Å². The molecule has 0 aliphatic heterocycles. The third-order valence-electron chi connectivity index (χ3n) is 5.65. The lowest BCUT2D eigenvalue weighted by Gasteiger charge is -2.18. The predicted octanol–water partition coefficient (Wildman–Crippen LogP) is 6.88. The smallest absolute Gasteiger partial charge is 0.236 e. The maximum absolute atomic E-state index is 13.4. The topological polar surface area (TPSA) is 55.1 Å². The molecule has 0 saturated heterocycles. The molecule has 162 valence electrons. The number of hydrogen-bond acceptors (Lipinski definition) is 3. The first-order valence-electron chi connectivity index (χ1n) is 11.0. The highest BCUT2D eigenvalue weighted by Crippen LogP contribution is 2.29. The van der Waals surface area contributed by atoms with Gasteiger partial charge < -0.3 is 9.73 Å². The van der Waals surface area contributed by atoms with Crippen molar-refractivity contribution in [2.45, 2.75) is 19.8 Å². The van der Waals surface area contributed by atoms with E-state index in [1.807, 2.05) is 78.9 Å². The molecule has 0 radical (unpaired) electrons. The highest BCUT2D eigenvalue weighted by Gasteiger charge is 2.23. The van der Waals surface area contributed by atoms with E-state index < -0.39 is 5.92 Å². The lowest BCUT2D eigenvalue weighted by atomic mass is 9.90. The van der Waals surface area contributed by atoms with E-state index in [4.69, 9.17) is 4.42 Å². The fraction of sp³-hybridized carbons (Fsp3) is 0.103. The van der Waals surface area contributed by atoms with Crippen molar-refractivity contribution >= 4 is 22.7 Å². The van der Waals surface area contributed by atoms with E-state index in [9.17, 15) is 4.79 Å². The average Bonchev–Trinajstić information content (AvgIpc) is 3.24. The first-order chi connectivity index (χ1) is 16.1. The first kappa shape index (κ1) is 20.7. The summed E-state index contributed by atoms with van der Waals surface area (Å²) in [5, 5.41) is 3.08. The summed E-state index contributed by atoms with van der Waals surface area (Å²) < 4.78 is 5.99. The van der Waals surface area contributed by atoms with E-state index in [1.165, 1.54) is 0 Å². The fourth-order valence-corrected chi connectivity index (χ4v) is 4.23. The number of carbonyl (C=O) groups is 1. The number of oxazole rings is 1. The number of amides is 1. The quantitative estimate of drug-likeness (QED) is 0.329. The maximum atomic E-state index is 13.4. The third-order valence-corrected chi connectivity index (χ3v) is 5.65. The van der Waals surface area contributed by atoms with Gasteiger partial charge in [-0.15, -0.1) is 0 Å². The molecule has 5 rings (SSSR count). The summed E-state index contributed by atoms with van der Waals surface area (Å²) in [6.07, 6.45) is 0. The second kappa shape index (κ2) is 8.75. The molecule has 0 fully saturated rings. The number of fused-ring (bicyclic) bond motifs is 1. The minimum atomic E-state index is -0.411. The molecule has 33 heavy (non-hydrogen) atoms. The number of benzene rings is 4. The molecule has 0 saturated carbocycles. The molecule has 0 spiro atoms. The van der Waals surface area contributed by atoms with Crippen molar-refractivity contribution in [3.05, 3.63) is 119 Å². The van der Waals surface area contributed by atoms with Crippen LogP contribution in [-0.2, 0) is 4.79 Å². The minimum absolute atomic E-state index is 0.0928. The van der Waals surface area contributed by atoms with Crippen molar-refractivity contribution in [2.24, 2.45) is 0 Å². The highest BCUT2D eigenvalue weighted by atomic mass is 16.3. The Morgan fingerprint density at radius 3 is 2.00 bits per heavy atom. The maximum Gasteiger partial charge on any atom is 0.236 e. The van der Waals surface area contributed by atoms with E-state index in [0.717, 1.165) is 27.8 Å². The minimum Gasteiger partial charge on any atom is -0.436 e. The lowest BCUT2D eigenvalue weighted by Crippen LogP contribution is -2.22. The fourth-order valence-electron chi connectivity index (χ4n) is 4.23. The summed E-state index contributed by atoms with van der Waals surface area (Å²) in [6, 6.07) is 31.4. The van der Waals surface area contributed by atoms with Crippen molar-refractivity contribution in [2.75, 3.05) is 5.32 Å². The Hall–Kier alpha value is -4.18. The standard InChI is InChI=1S/C29H24N2O2/c1-19-15-20(2)17-23(16-19)29-31-25-18-24(13-14-26(25)33-29)30-28(32)27(21-9-5-3-6-10-21)22-11-7-4-8-12-22/h3-18,27H,1-2H3,(H,30,32). The van der Waals surface area contributed by atoms with Crippen LogP contribution in [0.25, 0.3) is 22.6 Å². The van der Waals surface area contributed by atoms with Gasteiger partial charge in [-0.25, -0.2) is 4.98 Å². The van der Waals surface area contributed by atoms with Crippen LogP contribution in [0.2, 0.25) is 0 Å². The molecular weight excluding hydrogens is 408 g/mol. The molecule has 4 nitrogen and oxygen atoms in total. The molecule has 1 heterocycles. The molecule has 0 unspecified atom stereocenters. The van der Waals surface area contributed by atoms with Crippen LogP contribution >= 0.6 is 0 Å². The molecule has 1 aromatic heterocycles. The van der Waals surface area contributed by atoms with Gasteiger partial charge in [0.15, 0.2) is 5.58 Å². The van der Waals surface area contributed by atoms with Crippen molar-refractivity contribution in [1.82, 2.24) is 4.98 Å². The molecule has 0 aliphatic carbocycles. The SMILES string of the molecule is Cc1cc(C)cc(-c2nc3cc(NC(=O)C(c4ccccc4)c4ccccc4)ccc3o2)c1. The Morgan fingerprint density at radius 2 is 1.39 bits per heavy atom. The summed E-state index contributed by atoms with van der Waals surface area (Å²) in [7, 11) is 0. The molecule has 1 amide bonds. The number of anilines is 1. The van der Waals surface area contributed by atoms with E-state index in [2.05, 4.69) is 42.3 Å². The van der Waals surface area contributed by atoms with Crippen molar-refractivity contribution < 1.29 is 9.21 Å². The second-order valence-electron chi connectivity index (χ2n) is 8.32. The average molecular weight is 433 g/mol. The van der Waals surface area contributed by atoms with E-state index in [-0.39, 0.29) is 5.91 Å². The zero-order valence-corrected chi connectivity index (χ0v) is 18.6. The first-order valence-corrected chi connectivity index (χ1v) is 11.0. The molecular formula is C29H24N2O2. The zero-order chi connectivity index (χ0) is 22.8. The summed E-state index contributed by atoms with van der Waals surface area (Å²) in [5.41, 5.74) is 7.23. The van der Waals surface area contributed by atoms with Crippen LogP contribution in [0, 0.1) is 13.8 Å². The normalized spacial score (nSPS) is 11.1. The molecule has 4 aromatic carbocycles. The van der Waals surface area contributed by atoms with Crippen molar-refractivity contribution in [3.63, 3.8) is 0 Å². The van der Waals surface area contributed by atoms with Gasteiger partial charge in [0.05, 0.1) is 5.92 Å². The van der Waals surface area contributed by atoms with Crippen LogP contribution in [0.15, 0.2) is 101 Å². The Labute approximate surface area is 192 Å². The van der Waals surface area contributed by atoms with Gasteiger partial charge in [0.25, 0.3) is 0 Å². The van der Waals surface area contributed by atoms with Crippen molar-refractivity contribution in [3.8, 4) is 11.5 Å². The molecule has 1 N–H and O–H groups in total. The summed E-state index contributed by atoms with van der Waals surface area (Å²) in [4.78, 5) is 18.1. The van der Waals surface area contributed by atoms with E-state index in [0.29, 0.717) is 22.7 Å². The Bertz CT molecular complexity index is 1360. The van der Waals surface area contributed by atoms with Gasteiger partial charge in [0.1, 0.15) is 5.52 Å². The van der Waals surface area contributed by atoms with Gasteiger partial charge in [-0.1, -0.05) is 77.9 Å². The molecule has 0 atom stereocenters. The predicted molar refractivity (Wildman–Crippen MR) is 132 cm³/mol. The Balaban J connectivity index is 1.46. The van der Waals surface area contributed by atoms with Crippen LogP contribution in [0.3, 0.4) is 0 Å². The Morgan fingerprint density at radius 1 is 0.788 bits per heavy atom. The van der Waals surface area contributed by atoms with E-state index in [1.54, 1.807) is 0 Å². The zero-order valence-electron chi connectivity index (χ0n) is 18.6. The van der Waals surface area contributed by atoms with Gasteiger partial charge in [-0.2, -0.15) is 0 Å². The second-order valence-corrected chi connectivity index (χ2v) is 8.32. The van der Waals surface area contributed by atoms with Crippen LogP contribution in [0.4, 0.5) is 5.69 Å². The van der Waals surface area contributed by atoms with Crippen molar-refractivity contribution in [1.29, 1.82) is 0 Å². The monoisotopic (exact) mass is 432 g/mol. The van der Waals surface area contributed by atoms with Gasteiger partial charge >= 0.3 is 0 Å². The summed E-state index contributed by atoms with van der Waals surface area (Å²) >= 11 is 0. The molecule has 0 aliphatic rings. The number of rotatable bonds is 5. The Kier molecular flexibility index (Phi) is 5.49. The number of aryl methyl sites for hydroxylation is 2. The third kappa shape index (κ3) is 4.41. The van der Waals surface area contributed by atoms with Gasteiger partial charge in [-0.05, 0) is 55.3 Å². The van der Waals surface area contributed by atoms with Crippen LogP contribution in [0.5, 0.6) is 0 Å². The molecule has 0 bridgehead atoms. The van der Waals surface area contributed by atoms with Gasteiger partial charge in [0, 0.05) is 11.3 Å². The molecule has 5 aromatic rings. The summed E-state index contributed by atoms with van der Waals surface area (Å²) in [5.74, 6) is 0.0720. The number of aromatic nitrogens is 1. The number of carbonyl (C=O) groups excluding carboxylic acids is 1. The number of nitrogens with zero attached hydrogens (tertiary/aromatic N) is 1. The van der Waals surface area contributed by atoms with Crippen LogP contribution < -0.4 is 5.32 Å². The van der Waals surface area contributed by atoms with Crippen LogP contribution in [0.1, 0.15) is 28.2 Å². The lowest BCUT2D eigenvalue weighted by molar-refractivity contribution is -0.116. The number of hydrogen-bond donors (Lipinski definition) is 1. The largest absolute Gasteiger partial charge is 0.436 e. The highest BCUT2D eigenvalue weighted by molar-refractivity contribution is 5.99. The molecule has 4 heteroatoms. The van der Waals surface area contributed by atoms with Gasteiger partial charge in [-0.3, -0.25) is 4.79 Å². The van der Waals surface area contributed by atoms with E-state index >= 15 is 0 Å². The van der Waals surface area contributed by atoms with Gasteiger partial charge in [0.2, 0.25) is 11.8 Å². The number of nitrogens with one attached hydrogen (secondary N) is 1. The summed E-state index contributed by atoms with van der Waals surface area (Å²) in [6.45, 7) is 4.12.